The third-order valence-electron chi connectivity index (χ3n) is 3.40. The molecule has 2 aromatic rings. The van der Waals surface area contributed by atoms with Crippen molar-refractivity contribution in [3.05, 3.63) is 42.5 Å². The zero-order valence-corrected chi connectivity index (χ0v) is 10.5. The highest BCUT2D eigenvalue weighted by atomic mass is 16.1. The number of rotatable bonds is 3. The second-order valence-corrected chi connectivity index (χ2v) is 4.70. The first kappa shape index (κ1) is 11.8. The quantitative estimate of drug-likeness (QED) is 0.877. The fraction of sp³-hybridized carbons (Fsp3) is 0.385. The highest BCUT2D eigenvalue weighted by Crippen LogP contribution is 2.18. The maximum absolute atomic E-state index is 11.8. The van der Waals surface area contributed by atoms with E-state index in [1.807, 2.05) is 12.4 Å². The lowest BCUT2D eigenvalue weighted by molar-refractivity contribution is 0.0939. The van der Waals surface area contributed by atoms with E-state index < -0.39 is 0 Å². The van der Waals surface area contributed by atoms with Crippen molar-refractivity contribution < 1.29 is 4.79 Å². The van der Waals surface area contributed by atoms with Gasteiger partial charge in [-0.05, 0) is 12.3 Å². The van der Waals surface area contributed by atoms with Crippen LogP contribution in [0.25, 0.3) is 0 Å². The SMILES string of the molecule is O=C(NC[C@@H]1CCn2ccnc2C1)c1cnccn1. The minimum Gasteiger partial charge on any atom is -0.350 e. The fourth-order valence-corrected chi connectivity index (χ4v) is 2.33. The topological polar surface area (TPSA) is 72.7 Å². The molecule has 3 rings (SSSR count). The van der Waals surface area contributed by atoms with Gasteiger partial charge in [0.25, 0.3) is 5.91 Å². The summed E-state index contributed by atoms with van der Waals surface area (Å²) >= 11 is 0. The minimum atomic E-state index is -0.165. The molecule has 19 heavy (non-hydrogen) atoms. The van der Waals surface area contributed by atoms with Gasteiger partial charge in [-0.3, -0.25) is 9.78 Å². The molecule has 0 fully saturated rings. The molecule has 2 aromatic heterocycles. The molecule has 1 aliphatic heterocycles. The molecule has 0 saturated carbocycles. The number of nitrogens with one attached hydrogen (secondary N) is 1. The van der Waals surface area contributed by atoms with Gasteiger partial charge in [-0.25, -0.2) is 9.97 Å². The summed E-state index contributed by atoms with van der Waals surface area (Å²) in [4.78, 5) is 24.0. The van der Waals surface area contributed by atoms with E-state index in [2.05, 4.69) is 24.8 Å². The van der Waals surface area contributed by atoms with Crippen molar-refractivity contribution in [3.63, 3.8) is 0 Å². The maximum Gasteiger partial charge on any atom is 0.271 e. The Labute approximate surface area is 110 Å². The van der Waals surface area contributed by atoms with Gasteiger partial charge in [0.15, 0.2) is 0 Å². The lowest BCUT2D eigenvalue weighted by atomic mass is 9.98. The van der Waals surface area contributed by atoms with Crippen molar-refractivity contribution in [2.45, 2.75) is 19.4 Å². The van der Waals surface area contributed by atoms with Crippen LogP contribution in [0.15, 0.2) is 31.0 Å². The van der Waals surface area contributed by atoms with E-state index in [-0.39, 0.29) is 5.91 Å². The Hall–Kier alpha value is -2.24. The van der Waals surface area contributed by atoms with Gasteiger partial charge in [0, 0.05) is 44.3 Å². The Balaban J connectivity index is 1.55. The van der Waals surface area contributed by atoms with E-state index in [0.29, 0.717) is 18.2 Å². The normalized spacial score (nSPS) is 17.8. The number of hydrogen-bond donors (Lipinski definition) is 1. The molecule has 0 aromatic carbocycles. The number of hydrogen-bond acceptors (Lipinski definition) is 4. The van der Waals surface area contributed by atoms with E-state index >= 15 is 0 Å². The Kier molecular flexibility index (Phi) is 3.22. The van der Waals surface area contributed by atoms with Crippen molar-refractivity contribution in [2.24, 2.45) is 5.92 Å². The first-order valence-electron chi connectivity index (χ1n) is 6.37. The van der Waals surface area contributed by atoms with Gasteiger partial charge in [0.1, 0.15) is 11.5 Å². The molecule has 0 saturated heterocycles. The van der Waals surface area contributed by atoms with E-state index in [1.54, 1.807) is 6.20 Å². The van der Waals surface area contributed by atoms with Crippen LogP contribution in [0.4, 0.5) is 0 Å². The summed E-state index contributed by atoms with van der Waals surface area (Å²) in [6.45, 7) is 1.63. The smallest absolute Gasteiger partial charge is 0.271 e. The highest BCUT2D eigenvalue weighted by Gasteiger charge is 2.20. The molecule has 0 unspecified atom stereocenters. The third kappa shape index (κ3) is 2.62. The summed E-state index contributed by atoms with van der Waals surface area (Å²) < 4.78 is 2.17. The predicted octanol–water partition coefficient (Wildman–Crippen LogP) is 0.665. The Morgan fingerprint density at radius 2 is 2.32 bits per heavy atom. The molecule has 1 N–H and O–H groups in total. The summed E-state index contributed by atoms with van der Waals surface area (Å²) in [5, 5.41) is 2.91. The van der Waals surface area contributed by atoms with Crippen molar-refractivity contribution in [1.29, 1.82) is 0 Å². The summed E-state index contributed by atoms with van der Waals surface area (Å²) in [6.07, 6.45) is 10.4. The molecular formula is C13H15N5O. The van der Waals surface area contributed by atoms with Crippen molar-refractivity contribution in [2.75, 3.05) is 6.54 Å². The van der Waals surface area contributed by atoms with Crippen LogP contribution in [-0.2, 0) is 13.0 Å². The number of amides is 1. The summed E-state index contributed by atoms with van der Waals surface area (Å²) in [5.74, 6) is 1.38. The van der Waals surface area contributed by atoms with Crippen LogP contribution in [0, 0.1) is 5.92 Å². The molecule has 6 heteroatoms. The molecule has 6 nitrogen and oxygen atoms in total. The summed E-state index contributed by atoms with van der Waals surface area (Å²) in [7, 11) is 0. The molecule has 1 amide bonds. The second-order valence-electron chi connectivity index (χ2n) is 4.70. The van der Waals surface area contributed by atoms with E-state index in [4.69, 9.17) is 0 Å². The van der Waals surface area contributed by atoms with Crippen LogP contribution in [-0.4, -0.2) is 32.0 Å². The Bertz CT molecular complexity index is 565. The summed E-state index contributed by atoms with van der Waals surface area (Å²) in [6, 6.07) is 0. The minimum absolute atomic E-state index is 0.165. The number of carbonyl (C=O) groups is 1. The monoisotopic (exact) mass is 257 g/mol. The number of imidazole rings is 1. The fourth-order valence-electron chi connectivity index (χ4n) is 2.33. The van der Waals surface area contributed by atoms with Crippen molar-refractivity contribution >= 4 is 5.91 Å². The van der Waals surface area contributed by atoms with E-state index in [0.717, 1.165) is 25.2 Å². The lowest BCUT2D eigenvalue weighted by Crippen LogP contribution is -2.33. The molecule has 0 radical (unpaired) electrons. The van der Waals surface area contributed by atoms with Gasteiger partial charge >= 0.3 is 0 Å². The van der Waals surface area contributed by atoms with Crippen molar-refractivity contribution in [1.82, 2.24) is 24.8 Å². The van der Waals surface area contributed by atoms with Gasteiger partial charge in [-0.2, -0.15) is 0 Å². The summed E-state index contributed by atoms with van der Waals surface area (Å²) in [5.41, 5.74) is 0.361. The van der Waals surface area contributed by atoms with Gasteiger partial charge in [-0.15, -0.1) is 0 Å². The van der Waals surface area contributed by atoms with Crippen LogP contribution < -0.4 is 5.32 Å². The van der Waals surface area contributed by atoms with Crippen LogP contribution >= 0.6 is 0 Å². The largest absolute Gasteiger partial charge is 0.350 e. The van der Waals surface area contributed by atoms with E-state index in [9.17, 15) is 4.79 Å². The highest BCUT2D eigenvalue weighted by molar-refractivity contribution is 5.91. The number of fused-ring (bicyclic) bond motifs is 1. The van der Waals surface area contributed by atoms with Crippen LogP contribution in [0.3, 0.4) is 0 Å². The number of nitrogens with zero attached hydrogens (tertiary/aromatic N) is 4. The molecule has 0 bridgehead atoms. The lowest BCUT2D eigenvalue weighted by Gasteiger charge is -2.23. The molecule has 0 aliphatic carbocycles. The molecule has 1 aliphatic rings. The molecule has 1 atom stereocenters. The third-order valence-corrected chi connectivity index (χ3v) is 3.40. The van der Waals surface area contributed by atoms with Crippen molar-refractivity contribution in [3.8, 4) is 0 Å². The van der Waals surface area contributed by atoms with Crippen LogP contribution in [0.5, 0.6) is 0 Å². The average Bonchev–Trinajstić information content (AvgIpc) is 2.93. The van der Waals surface area contributed by atoms with E-state index in [1.165, 1.54) is 12.4 Å². The van der Waals surface area contributed by atoms with Gasteiger partial charge in [-0.1, -0.05) is 0 Å². The first-order chi connectivity index (χ1) is 9.33. The number of aryl methyl sites for hydroxylation is 1. The first-order valence-corrected chi connectivity index (χ1v) is 6.37. The standard InChI is InChI=1S/C13H15N5O/c19-13(11-9-14-2-3-15-11)17-8-10-1-5-18-6-4-16-12(18)7-10/h2-4,6,9-10H,1,5,7-8H2,(H,17,19)/t10-/m1/s1. The van der Waals surface area contributed by atoms with Gasteiger partial charge < -0.3 is 9.88 Å². The predicted molar refractivity (Wildman–Crippen MR) is 68.4 cm³/mol. The molecular weight excluding hydrogens is 242 g/mol. The van der Waals surface area contributed by atoms with Crippen LogP contribution in [0.1, 0.15) is 22.7 Å². The average molecular weight is 257 g/mol. The maximum atomic E-state index is 11.8. The van der Waals surface area contributed by atoms with Crippen LogP contribution in [0.2, 0.25) is 0 Å². The number of aromatic nitrogens is 4. The second kappa shape index (κ2) is 5.17. The molecule has 98 valence electrons. The van der Waals surface area contributed by atoms with Gasteiger partial charge in [0.05, 0.1) is 6.20 Å². The zero-order chi connectivity index (χ0) is 13.1. The molecule has 3 heterocycles. The zero-order valence-electron chi connectivity index (χ0n) is 10.5. The number of carbonyl (C=O) groups excluding carboxylic acids is 1. The Morgan fingerprint density at radius 3 is 3.16 bits per heavy atom. The molecule has 0 spiro atoms. The van der Waals surface area contributed by atoms with Gasteiger partial charge in [0.2, 0.25) is 0 Å². The Morgan fingerprint density at radius 1 is 1.37 bits per heavy atom.